The molecule has 0 saturated heterocycles. The molecule has 1 aromatic heterocycles. The Morgan fingerprint density at radius 2 is 2.17 bits per heavy atom. The van der Waals surface area contributed by atoms with E-state index >= 15 is 0 Å². The number of nitrogens with zero attached hydrogens (tertiary/aromatic N) is 3. The Morgan fingerprint density at radius 3 is 2.83 bits per heavy atom. The zero-order valence-electron chi connectivity index (χ0n) is 9.40. The van der Waals surface area contributed by atoms with E-state index in [4.69, 9.17) is 0 Å². The van der Waals surface area contributed by atoms with Crippen LogP contribution in [0.4, 0.5) is 13.2 Å². The largest absolute Gasteiger partial charge is 0.573 e. The number of ether oxygens (including phenoxy) is 1. The van der Waals surface area contributed by atoms with E-state index in [2.05, 4.69) is 21.2 Å². The van der Waals surface area contributed by atoms with Crippen molar-refractivity contribution in [2.45, 2.75) is 19.7 Å². The molecule has 1 heterocycles. The van der Waals surface area contributed by atoms with Gasteiger partial charge in [-0.25, -0.2) is 4.68 Å². The summed E-state index contributed by atoms with van der Waals surface area (Å²) in [6, 6.07) is 5.54. The highest BCUT2D eigenvalue weighted by Gasteiger charge is 2.31. The molecule has 2 aromatic rings. The Kier molecular flexibility index (Phi) is 3.22. The third-order valence-corrected chi connectivity index (χ3v) is 2.20. The van der Waals surface area contributed by atoms with Crippen molar-refractivity contribution in [3.63, 3.8) is 0 Å². The van der Waals surface area contributed by atoms with Crippen LogP contribution in [-0.2, 0) is 6.42 Å². The van der Waals surface area contributed by atoms with Crippen molar-refractivity contribution in [1.29, 1.82) is 0 Å². The lowest BCUT2D eigenvalue weighted by atomic mass is 10.3. The molecule has 0 aliphatic heterocycles. The SMILES string of the molecule is CCc1[c]nnn1-c1cccc(OC(F)(F)F)c1. The molecule has 0 amide bonds. The van der Waals surface area contributed by atoms with Crippen molar-refractivity contribution in [3.05, 3.63) is 36.2 Å². The second-order valence-electron chi connectivity index (χ2n) is 3.46. The topological polar surface area (TPSA) is 39.9 Å². The highest BCUT2D eigenvalue weighted by Crippen LogP contribution is 2.24. The Hall–Kier alpha value is -2.05. The highest BCUT2D eigenvalue weighted by molar-refractivity contribution is 5.39. The van der Waals surface area contributed by atoms with Crippen molar-refractivity contribution in [2.24, 2.45) is 0 Å². The third kappa shape index (κ3) is 2.79. The fourth-order valence-corrected chi connectivity index (χ4v) is 1.47. The minimum Gasteiger partial charge on any atom is -0.406 e. The molecule has 0 spiro atoms. The number of aromatic nitrogens is 3. The van der Waals surface area contributed by atoms with Crippen molar-refractivity contribution < 1.29 is 17.9 Å². The molecule has 95 valence electrons. The molecule has 0 fully saturated rings. The van der Waals surface area contributed by atoms with Gasteiger partial charge in [0.1, 0.15) is 11.9 Å². The molecule has 4 nitrogen and oxygen atoms in total. The van der Waals surface area contributed by atoms with E-state index in [1.54, 1.807) is 6.07 Å². The molecular formula is C11H9F3N3O. The van der Waals surface area contributed by atoms with Gasteiger partial charge < -0.3 is 4.74 Å². The minimum absolute atomic E-state index is 0.294. The van der Waals surface area contributed by atoms with E-state index in [0.717, 1.165) is 0 Å². The molecule has 0 aliphatic carbocycles. The molecule has 0 unspecified atom stereocenters. The summed E-state index contributed by atoms with van der Waals surface area (Å²) in [7, 11) is 0. The number of alkyl halides is 3. The maximum Gasteiger partial charge on any atom is 0.573 e. The maximum absolute atomic E-state index is 12.1. The molecule has 0 atom stereocenters. The van der Waals surface area contributed by atoms with Gasteiger partial charge in [-0.3, -0.25) is 0 Å². The van der Waals surface area contributed by atoms with Crippen molar-refractivity contribution in [3.8, 4) is 11.4 Å². The van der Waals surface area contributed by atoms with Gasteiger partial charge in [0.15, 0.2) is 0 Å². The second kappa shape index (κ2) is 4.67. The number of benzene rings is 1. The summed E-state index contributed by atoms with van der Waals surface area (Å²) in [5.74, 6) is -0.294. The first-order chi connectivity index (χ1) is 8.49. The van der Waals surface area contributed by atoms with Crippen molar-refractivity contribution >= 4 is 0 Å². The zero-order chi connectivity index (χ0) is 13.2. The Balaban J connectivity index is 2.33. The zero-order valence-corrected chi connectivity index (χ0v) is 9.40. The normalized spacial score (nSPS) is 11.6. The molecule has 0 aliphatic rings. The Labute approximate surface area is 101 Å². The van der Waals surface area contributed by atoms with Gasteiger partial charge in [0.2, 0.25) is 0 Å². The minimum atomic E-state index is -4.71. The first-order valence-electron chi connectivity index (χ1n) is 5.18. The monoisotopic (exact) mass is 256 g/mol. The summed E-state index contributed by atoms with van der Waals surface area (Å²) in [5, 5.41) is 7.37. The van der Waals surface area contributed by atoms with Gasteiger partial charge in [-0.15, -0.1) is 18.3 Å². The van der Waals surface area contributed by atoms with Gasteiger partial charge in [-0.2, -0.15) is 0 Å². The van der Waals surface area contributed by atoms with E-state index in [0.29, 0.717) is 17.8 Å². The van der Waals surface area contributed by atoms with Crippen LogP contribution in [0.5, 0.6) is 5.75 Å². The average molecular weight is 256 g/mol. The van der Waals surface area contributed by atoms with Gasteiger partial charge in [-0.05, 0) is 18.6 Å². The van der Waals surface area contributed by atoms with E-state index in [1.165, 1.54) is 22.9 Å². The summed E-state index contributed by atoms with van der Waals surface area (Å²) in [5.41, 5.74) is 1.13. The number of hydrogen-bond donors (Lipinski definition) is 0. The van der Waals surface area contributed by atoms with Gasteiger partial charge in [0.25, 0.3) is 0 Å². The van der Waals surface area contributed by atoms with Crippen LogP contribution >= 0.6 is 0 Å². The summed E-state index contributed by atoms with van der Waals surface area (Å²) in [6.45, 7) is 1.88. The fourth-order valence-electron chi connectivity index (χ4n) is 1.47. The van der Waals surface area contributed by atoms with Crippen LogP contribution in [0.25, 0.3) is 5.69 Å². The second-order valence-corrected chi connectivity index (χ2v) is 3.46. The highest BCUT2D eigenvalue weighted by atomic mass is 19.4. The van der Waals surface area contributed by atoms with E-state index in [-0.39, 0.29) is 5.75 Å². The van der Waals surface area contributed by atoms with Crippen LogP contribution in [0.3, 0.4) is 0 Å². The van der Waals surface area contributed by atoms with Gasteiger partial charge >= 0.3 is 6.36 Å². The van der Waals surface area contributed by atoms with Gasteiger partial charge in [-0.1, -0.05) is 18.2 Å². The number of hydrogen-bond acceptors (Lipinski definition) is 3. The first kappa shape index (κ1) is 12.4. The van der Waals surface area contributed by atoms with Crippen LogP contribution in [0.15, 0.2) is 24.3 Å². The lowest BCUT2D eigenvalue weighted by Crippen LogP contribution is -2.17. The maximum atomic E-state index is 12.1. The van der Waals surface area contributed by atoms with Crippen LogP contribution in [-0.4, -0.2) is 21.4 Å². The molecule has 1 radical (unpaired) electrons. The summed E-state index contributed by atoms with van der Waals surface area (Å²) >= 11 is 0. The number of aryl methyl sites for hydroxylation is 1. The van der Waals surface area contributed by atoms with E-state index in [1.807, 2.05) is 6.92 Å². The molecule has 0 N–H and O–H groups in total. The smallest absolute Gasteiger partial charge is 0.406 e. The molecule has 18 heavy (non-hydrogen) atoms. The summed E-state index contributed by atoms with van der Waals surface area (Å²) in [4.78, 5) is 0. The van der Waals surface area contributed by atoms with E-state index < -0.39 is 6.36 Å². The lowest BCUT2D eigenvalue weighted by Gasteiger charge is -2.10. The van der Waals surface area contributed by atoms with Crippen molar-refractivity contribution in [1.82, 2.24) is 15.0 Å². The third-order valence-electron chi connectivity index (χ3n) is 2.20. The van der Waals surface area contributed by atoms with E-state index in [9.17, 15) is 13.2 Å². The molecular weight excluding hydrogens is 247 g/mol. The molecule has 1 aromatic carbocycles. The number of halogens is 3. The van der Waals surface area contributed by atoms with Crippen molar-refractivity contribution in [2.75, 3.05) is 0 Å². The number of rotatable bonds is 3. The Morgan fingerprint density at radius 1 is 1.39 bits per heavy atom. The van der Waals surface area contributed by atoms with Crippen LogP contribution in [0.2, 0.25) is 0 Å². The fraction of sp³-hybridized carbons (Fsp3) is 0.273. The lowest BCUT2D eigenvalue weighted by molar-refractivity contribution is -0.274. The molecule has 0 bridgehead atoms. The quantitative estimate of drug-likeness (QED) is 0.847. The standard InChI is InChI=1S/C11H9F3N3O/c1-2-8-7-15-16-17(8)9-4-3-5-10(6-9)18-11(12,13)14/h3-6H,2H2,1H3. The average Bonchev–Trinajstić information content (AvgIpc) is 2.75. The Bertz CT molecular complexity index is 536. The predicted octanol–water partition coefficient (Wildman–Crippen LogP) is 2.53. The molecule has 7 heteroatoms. The van der Waals surface area contributed by atoms with Gasteiger partial charge in [0, 0.05) is 6.07 Å². The summed E-state index contributed by atoms with van der Waals surface area (Å²) in [6.07, 6.45) is -1.42. The molecule has 2 rings (SSSR count). The molecule has 0 saturated carbocycles. The van der Waals surface area contributed by atoms with Gasteiger partial charge in [0.05, 0.1) is 11.4 Å². The van der Waals surface area contributed by atoms with Crippen LogP contribution in [0, 0.1) is 6.20 Å². The van der Waals surface area contributed by atoms with Crippen LogP contribution in [0.1, 0.15) is 12.6 Å². The summed E-state index contributed by atoms with van der Waals surface area (Å²) < 4.78 is 41.6. The van der Waals surface area contributed by atoms with Crippen LogP contribution < -0.4 is 4.74 Å². The predicted molar refractivity (Wildman–Crippen MR) is 56.3 cm³/mol. The first-order valence-corrected chi connectivity index (χ1v) is 5.18.